The Kier molecular flexibility index (Phi) is 5.78. The second-order valence-corrected chi connectivity index (χ2v) is 9.01. The Balaban J connectivity index is 1.96. The molecule has 2 unspecified atom stereocenters. The standard InChI is InChI=1S/C22H31N5O2/c1-14-15(2)20(25-24-19(14)16-7-10-23-11-8-16)27-12-9-17(26(6)21(28)29)13-18(27)22(3,4)5/h7-8,10-11,17-18H,9,12-13H2,1-6H3,(H,28,29). The Morgan fingerprint density at radius 1 is 1.17 bits per heavy atom. The maximum Gasteiger partial charge on any atom is 0.407 e. The zero-order valence-corrected chi connectivity index (χ0v) is 18.2. The molecule has 1 N–H and O–H groups in total. The third-order valence-electron chi connectivity index (χ3n) is 6.15. The SMILES string of the molecule is Cc1c(-c2ccncc2)nnc(N2CCC(N(C)C(=O)O)CC2C(C)(C)C)c1C. The number of rotatable bonds is 3. The molecule has 0 radical (unpaired) electrons. The van der Waals surface area contributed by atoms with Crippen LogP contribution in [0.25, 0.3) is 11.3 Å². The smallest absolute Gasteiger partial charge is 0.407 e. The quantitative estimate of drug-likeness (QED) is 0.838. The number of hydrogen-bond acceptors (Lipinski definition) is 5. The molecule has 1 fully saturated rings. The van der Waals surface area contributed by atoms with Gasteiger partial charge in [0.25, 0.3) is 0 Å². The minimum absolute atomic E-state index is 0.0124. The van der Waals surface area contributed by atoms with Gasteiger partial charge < -0.3 is 14.9 Å². The molecule has 2 atom stereocenters. The van der Waals surface area contributed by atoms with Gasteiger partial charge in [0.2, 0.25) is 0 Å². The van der Waals surface area contributed by atoms with Gasteiger partial charge in [-0.05, 0) is 55.4 Å². The number of carboxylic acid groups (broad SMARTS) is 1. The molecule has 0 aromatic carbocycles. The molecule has 1 saturated heterocycles. The lowest BCUT2D eigenvalue weighted by Gasteiger charge is -2.48. The van der Waals surface area contributed by atoms with Crippen LogP contribution in [0.3, 0.4) is 0 Å². The van der Waals surface area contributed by atoms with Crippen LogP contribution in [0.2, 0.25) is 0 Å². The zero-order valence-electron chi connectivity index (χ0n) is 18.2. The summed E-state index contributed by atoms with van der Waals surface area (Å²) < 4.78 is 0. The normalized spacial score (nSPS) is 19.9. The first-order valence-corrected chi connectivity index (χ1v) is 10.1. The summed E-state index contributed by atoms with van der Waals surface area (Å²) in [4.78, 5) is 19.3. The van der Waals surface area contributed by atoms with Crippen LogP contribution in [-0.2, 0) is 0 Å². The van der Waals surface area contributed by atoms with Gasteiger partial charge in [0.05, 0.1) is 5.69 Å². The largest absolute Gasteiger partial charge is 0.465 e. The molecule has 0 bridgehead atoms. The van der Waals surface area contributed by atoms with Gasteiger partial charge in [0, 0.05) is 43.6 Å². The van der Waals surface area contributed by atoms with Gasteiger partial charge >= 0.3 is 6.09 Å². The molecule has 2 aromatic rings. The molecule has 2 aromatic heterocycles. The van der Waals surface area contributed by atoms with Gasteiger partial charge in [-0.3, -0.25) is 4.98 Å². The van der Waals surface area contributed by atoms with Crippen molar-refractivity contribution in [1.82, 2.24) is 20.1 Å². The van der Waals surface area contributed by atoms with E-state index in [0.717, 1.165) is 47.6 Å². The molecule has 7 nitrogen and oxygen atoms in total. The van der Waals surface area contributed by atoms with Gasteiger partial charge in [-0.25, -0.2) is 4.79 Å². The van der Waals surface area contributed by atoms with Crippen molar-refractivity contribution in [3.63, 3.8) is 0 Å². The van der Waals surface area contributed by atoms with E-state index >= 15 is 0 Å². The molecule has 1 amide bonds. The molecule has 3 rings (SSSR count). The van der Waals surface area contributed by atoms with E-state index in [4.69, 9.17) is 0 Å². The second kappa shape index (κ2) is 7.97. The maximum absolute atomic E-state index is 11.5. The van der Waals surface area contributed by atoms with Crippen LogP contribution in [0, 0.1) is 19.3 Å². The fraction of sp³-hybridized carbons (Fsp3) is 0.545. The first-order chi connectivity index (χ1) is 13.6. The Morgan fingerprint density at radius 2 is 1.83 bits per heavy atom. The van der Waals surface area contributed by atoms with Crippen LogP contribution in [0.4, 0.5) is 10.6 Å². The van der Waals surface area contributed by atoms with E-state index in [-0.39, 0.29) is 17.5 Å². The van der Waals surface area contributed by atoms with E-state index in [1.54, 1.807) is 19.4 Å². The predicted octanol–water partition coefficient (Wildman–Crippen LogP) is 4.15. The highest BCUT2D eigenvalue weighted by atomic mass is 16.4. The highest BCUT2D eigenvalue weighted by Crippen LogP contribution is 2.38. The molecule has 0 aliphatic carbocycles. The first kappa shape index (κ1) is 21.0. The fourth-order valence-corrected chi connectivity index (χ4v) is 4.18. The number of anilines is 1. The number of aromatic nitrogens is 3. The Bertz CT molecular complexity index is 879. The average Bonchev–Trinajstić information content (AvgIpc) is 2.69. The summed E-state index contributed by atoms with van der Waals surface area (Å²) in [5, 5.41) is 18.6. The number of piperidine rings is 1. The Hall–Kier alpha value is -2.70. The number of amides is 1. The van der Waals surface area contributed by atoms with Crippen LogP contribution in [0.5, 0.6) is 0 Å². The van der Waals surface area contributed by atoms with Crippen molar-refractivity contribution < 1.29 is 9.90 Å². The summed E-state index contributed by atoms with van der Waals surface area (Å²) in [5.41, 5.74) is 4.09. The van der Waals surface area contributed by atoms with Crippen LogP contribution in [0.1, 0.15) is 44.7 Å². The number of carbonyl (C=O) groups is 1. The molecule has 1 aliphatic heterocycles. The second-order valence-electron chi connectivity index (χ2n) is 9.01. The van der Waals surface area contributed by atoms with Crippen LogP contribution in [-0.4, -0.2) is 57.0 Å². The lowest BCUT2D eigenvalue weighted by molar-refractivity contribution is 0.114. The Labute approximate surface area is 172 Å². The molecule has 3 heterocycles. The van der Waals surface area contributed by atoms with E-state index in [2.05, 4.69) is 54.7 Å². The average molecular weight is 398 g/mol. The van der Waals surface area contributed by atoms with Crippen molar-refractivity contribution in [2.75, 3.05) is 18.5 Å². The van der Waals surface area contributed by atoms with Gasteiger partial charge in [-0.15, -0.1) is 10.2 Å². The number of nitrogens with zero attached hydrogens (tertiary/aromatic N) is 5. The van der Waals surface area contributed by atoms with E-state index in [9.17, 15) is 9.90 Å². The van der Waals surface area contributed by atoms with Gasteiger partial charge in [-0.1, -0.05) is 20.8 Å². The lowest BCUT2D eigenvalue weighted by atomic mass is 9.78. The molecule has 0 saturated carbocycles. The maximum atomic E-state index is 11.5. The van der Waals surface area contributed by atoms with Crippen LogP contribution < -0.4 is 4.90 Å². The Morgan fingerprint density at radius 3 is 2.41 bits per heavy atom. The monoisotopic (exact) mass is 397 g/mol. The summed E-state index contributed by atoms with van der Waals surface area (Å²) in [6.07, 6.45) is 4.21. The van der Waals surface area contributed by atoms with Crippen molar-refractivity contribution in [1.29, 1.82) is 0 Å². The van der Waals surface area contributed by atoms with E-state index in [1.165, 1.54) is 4.90 Å². The molecular weight excluding hydrogens is 366 g/mol. The third-order valence-corrected chi connectivity index (χ3v) is 6.15. The minimum atomic E-state index is -0.871. The minimum Gasteiger partial charge on any atom is -0.465 e. The van der Waals surface area contributed by atoms with Crippen molar-refractivity contribution in [3.8, 4) is 11.3 Å². The summed E-state index contributed by atoms with van der Waals surface area (Å²) >= 11 is 0. The van der Waals surface area contributed by atoms with Crippen LogP contribution >= 0.6 is 0 Å². The highest BCUT2D eigenvalue weighted by molar-refractivity contribution is 5.67. The topological polar surface area (TPSA) is 82.5 Å². The summed E-state index contributed by atoms with van der Waals surface area (Å²) in [6.45, 7) is 11.5. The molecule has 156 valence electrons. The predicted molar refractivity (Wildman–Crippen MR) is 114 cm³/mol. The molecule has 7 heteroatoms. The van der Waals surface area contributed by atoms with E-state index < -0.39 is 6.09 Å². The van der Waals surface area contributed by atoms with Gasteiger partial charge in [0.15, 0.2) is 5.82 Å². The van der Waals surface area contributed by atoms with Gasteiger partial charge in [0.1, 0.15) is 0 Å². The van der Waals surface area contributed by atoms with Crippen LogP contribution in [0.15, 0.2) is 24.5 Å². The van der Waals surface area contributed by atoms with E-state index in [1.807, 2.05) is 12.1 Å². The van der Waals surface area contributed by atoms with Gasteiger partial charge in [-0.2, -0.15) is 0 Å². The van der Waals surface area contributed by atoms with Crippen molar-refractivity contribution in [2.45, 2.75) is 59.5 Å². The molecule has 29 heavy (non-hydrogen) atoms. The zero-order chi connectivity index (χ0) is 21.3. The van der Waals surface area contributed by atoms with Crippen molar-refractivity contribution in [3.05, 3.63) is 35.7 Å². The van der Waals surface area contributed by atoms with Crippen molar-refractivity contribution in [2.24, 2.45) is 5.41 Å². The van der Waals surface area contributed by atoms with Crippen molar-refractivity contribution >= 4 is 11.9 Å². The molecule has 1 aliphatic rings. The lowest BCUT2D eigenvalue weighted by Crippen LogP contribution is -2.55. The molecular formula is C22H31N5O2. The fourth-order valence-electron chi connectivity index (χ4n) is 4.18. The summed E-state index contributed by atoms with van der Waals surface area (Å²) in [5.74, 6) is 0.900. The summed E-state index contributed by atoms with van der Waals surface area (Å²) in [7, 11) is 1.67. The highest BCUT2D eigenvalue weighted by Gasteiger charge is 2.39. The summed E-state index contributed by atoms with van der Waals surface area (Å²) in [6, 6.07) is 4.07. The first-order valence-electron chi connectivity index (χ1n) is 10.1. The third kappa shape index (κ3) is 4.18. The molecule has 0 spiro atoms. The number of hydrogen-bond donors (Lipinski definition) is 1. The van der Waals surface area contributed by atoms with E-state index in [0.29, 0.717) is 0 Å². The number of pyridine rings is 1.